The SMILES string of the molecule is CN=C(N)NC(=O)c1cc2c(OC)cc(OCCN)cc2[nH]1. The van der Waals surface area contributed by atoms with Crippen LogP contribution in [0.4, 0.5) is 0 Å². The molecule has 0 radical (unpaired) electrons. The largest absolute Gasteiger partial charge is 0.496 e. The zero-order valence-electron chi connectivity index (χ0n) is 12.5. The number of carbonyl (C=O) groups is 1. The summed E-state index contributed by atoms with van der Waals surface area (Å²) in [5, 5.41) is 3.23. The molecule has 8 nitrogen and oxygen atoms in total. The van der Waals surface area contributed by atoms with Crippen LogP contribution in [-0.2, 0) is 0 Å². The average molecular weight is 305 g/mol. The third-order valence-corrected chi connectivity index (χ3v) is 3.01. The molecule has 1 heterocycles. The van der Waals surface area contributed by atoms with Crippen molar-refractivity contribution in [3.05, 3.63) is 23.9 Å². The van der Waals surface area contributed by atoms with Gasteiger partial charge in [0.15, 0.2) is 5.96 Å². The van der Waals surface area contributed by atoms with Gasteiger partial charge in [-0.05, 0) is 6.07 Å². The summed E-state index contributed by atoms with van der Waals surface area (Å²) in [5.74, 6) is 0.864. The fraction of sp³-hybridized carbons (Fsp3) is 0.286. The fourth-order valence-corrected chi connectivity index (χ4v) is 1.97. The number of nitrogens with one attached hydrogen (secondary N) is 2. The van der Waals surface area contributed by atoms with Crippen molar-refractivity contribution in [1.82, 2.24) is 10.3 Å². The summed E-state index contributed by atoms with van der Waals surface area (Å²) in [6, 6.07) is 5.20. The van der Waals surface area contributed by atoms with Crippen molar-refractivity contribution in [3.63, 3.8) is 0 Å². The number of ether oxygens (including phenoxy) is 2. The maximum Gasteiger partial charge on any atom is 0.274 e. The number of rotatable bonds is 5. The number of nitrogens with two attached hydrogens (primary N) is 2. The minimum Gasteiger partial charge on any atom is -0.496 e. The first-order valence-electron chi connectivity index (χ1n) is 6.66. The molecule has 1 aromatic heterocycles. The summed E-state index contributed by atoms with van der Waals surface area (Å²) in [4.78, 5) is 18.7. The number of aliphatic imine (C=N–C) groups is 1. The van der Waals surface area contributed by atoms with Gasteiger partial charge < -0.3 is 25.9 Å². The normalized spacial score (nSPS) is 11.5. The first kappa shape index (κ1) is 15.6. The number of carbonyl (C=O) groups excluding carboxylic acids is 1. The lowest BCUT2D eigenvalue weighted by molar-refractivity contribution is 0.0972. The molecular weight excluding hydrogens is 286 g/mol. The van der Waals surface area contributed by atoms with Gasteiger partial charge in [-0.3, -0.25) is 15.1 Å². The Morgan fingerprint density at radius 3 is 2.82 bits per heavy atom. The molecule has 0 aliphatic carbocycles. The van der Waals surface area contributed by atoms with Crippen molar-refractivity contribution in [3.8, 4) is 11.5 Å². The van der Waals surface area contributed by atoms with Crippen LogP contribution in [0.2, 0.25) is 0 Å². The first-order valence-corrected chi connectivity index (χ1v) is 6.66. The van der Waals surface area contributed by atoms with E-state index in [-0.39, 0.29) is 11.9 Å². The van der Waals surface area contributed by atoms with Crippen LogP contribution in [0, 0.1) is 0 Å². The number of nitrogens with zero attached hydrogens (tertiary/aromatic N) is 1. The maximum atomic E-state index is 12.0. The van der Waals surface area contributed by atoms with Crippen LogP contribution < -0.4 is 26.3 Å². The molecule has 6 N–H and O–H groups in total. The first-order chi connectivity index (χ1) is 10.6. The van der Waals surface area contributed by atoms with Crippen molar-refractivity contribution in [2.45, 2.75) is 0 Å². The molecule has 0 saturated carbocycles. The van der Waals surface area contributed by atoms with Crippen molar-refractivity contribution in [2.75, 3.05) is 27.3 Å². The number of guanidine groups is 1. The number of benzene rings is 1. The third-order valence-electron chi connectivity index (χ3n) is 3.01. The van der Waals surface area contributed by atoms with Gasteiger partial charge in [0.1, 0.15) is 23.8 Å². The van der Waals surface area contributed by atoms with Crippen molar-refractivity contribution >= 4 is 22.8 Å². The van der Waals surface area contributed by atoms with Gasteiger partial charge in [0, 0.05) is 31.1 Å². The van der Waals surface area contributed by atoms with E-state index in [1.165, 1.54) is 7.05 Å². The van der Waals surface area contributed by atoms with Crippen molar-refractivity contribution in [1.29, 1.82) is 0 Å². The smallest absolute Gasteiger partial charge is 0.274 e. The highest BCUT2D eigenvalue weighted by molar-refractivity contribution is 6.07. The van der Waals surface area contributed by atoms with Crippen molar-refractivity contribution in [2.24, 2.45) is 16.5 Å². The number of aromatic amines is 1. The van der Waals surface area contributed by atoms with Gasteiger partial charge >= 0.3 is 0 Å². The Hall–Kier alpha value is -2.74. The van der Waals surface area contributed by atoms with Crippen LogP contribution in [0.1, 0.15) is 10.5 Å². The van der Waals surface area contributed by atoms with E-state index in [0.29, 0.717) is 35.9 Å². The molecule has 0 atom stereocenters. The Kier molecular flexibility index (Phi) is 4.84. The Bertz CT molecular complexity index is 708. The molecule has 22 heavy (non-hydrogen) atoms. The lowest BCUT2D eigenvalue weighted by atomic mass is 10.2. The Labute approximate surface area is 127 Å². The predicted octanol–water partition coefficient (Wildman–Crippen LogP) is 0.188. The summed E-state index contributed by atoms with van der Waals surface area (Å²) in [6.07, 6.45) is 0. The summed E-state index contributed by atoms with van der Waals surface area (Å²) in [5.41, 5.74) is 12.0. The monoisotopic (exact) mass is 305 g/mol. The number of methoxy groups -OCH3 is 1. The summed E-state index contributed by atoms with van der Waals surface area (Å²) in [7, 11) is 3.04. The number of amides is 1. The quantitative estimate of drug-likeness (QED) is 0.463. The van der Waals surface area contributed by atoms with Crippen LogP contribution in [0.3, 0.4) is 0 Å². The van der Waals surface area contributed by atoms with Crippen LogP contribution in [0.15, 0.2) is 23.2 Å². The molecule has 2 aromatic rings. The van der Waals surface area contributed by atoms with Gasteiger partial charge in [-0.2, -0.15) is 0 Å². The zero-order valence-corrected chi connectivity index (χ0v) is 12.5. The van der Waals surface area contributed by atoms with E-state index in [9.17, 15) is 4.79 Å². The standard InChI is InChI=1S/C14H19N5O3/c1-17-14(16)19-13(20)11-7-9-10(18-11)5-8(22-4-3-15)6-12(9)21-2/h5-7,18H,3-4,15H2,1-2H3,(H3,16,17,19,20). The second-order valence-corrected chi connectivity index (χ2v) is 4.47. The lowest BCUT2D eigenvalue weighted by Gasteiger charge is -2.07. The van der Waals surface area contributed by atoms with E-state index in [0.717, 1.165) is 5.39 Å². The van der Waals surface area contributed by atoms with Gasteiger partial charge in [-0.1, -0.05) is 0 Å². The maximum absolute atomic E-state index is 12.0. The van der Waals surface area contributed by atoms with Gasteiger partial charge in [0.05, 0.1) is 12.6 Å². The number of hydrogen-bond acceptors (Lipinski definition) is 5. The summed E-state index contributed by atoms with van der Waals surface area (Å²) < 4.78 is 10.8. The van der Waals surface area contributed by atoms with Crippen LogP contribution in [0.25, 0.3) is 10.9 Å². The number of fused-ring (bicyclic) bond motifs is 1. The van der Waals surface area contributed by atoms with Crippen LogP contribution >= 0.6 is 0 Å². The minimum atomic E-state index is -0.384. The minimum absolute atomic E-state index is 0.0441. The molecule has 1 amide bonds. The molecule has 0 fully saturated rings. The van der Waals surface area contributed by atoms with E-state index in [1.807, 2.05) is 0 Å². The molecule has 118 valence electrons. The van der Waals surface area contributed by atoms with Gasteiger partial charge in [-0.15, -0.1) is 0 Å². The lowest BCUT2D eigenvalue weighted by Crippen LogP contribution is -2.36. The molecule has 0 spiro atoms. The summed E-state index contributed by atoms with van der Waals surface area (Å²) in [6.45, 7) is 0.806. The molecule has 8 heteroatoms. The van der Waals surface area contributed by atoms with Gasteiger partial charge in [0.2, 0.25) is 0 Å². The number of aromatic nitrogens is 1. The second kappa shape index (κ2) is 6.81. The molecule has 0 saturated heterocycles. The Morgan fingerprint density at radius 2 is 2.18 bits per heavy atom. The van der Waals surface area contributed by atoms with Gasteiger partial charge in [0.25, 0.3) is 5.91 Å². The number of hydrogen-bond donors (Lipinski definition) is 4. The van der Waals surface area contributed by atoms with E-state index in [1.54, 1.807) is 25.3 Å². The van der Waals surface area contributed by atoms with E-state index < -0.39 is 0 Å². The van der Waals surface area contributed by atoms with Crippen LogP contribution in [-0.4, -0.2) is 44.2 Å². The van der Waals surface area contributed by atoms with Crippen molar-refractivity contribution < 1.29 is 14.3 Å². The molecule has 0 bridgehead atoms. The van der Waals surface area contributed by atoms with Crippen LogP contribution in [0.5, 0.6) is 11.5 Å². The topological polar surface area (TPSA) is 128 Å². The highest BCUT2D eigenvalue weighted by atomic mass is 16.5. The molecule has 0 aliphatic rings. The van der Waals surface area contributed by atoms with E-state index in [4.69, 9.17) is 20.9 Å². The second-order valence-electron chi connectivity index (χ2n) is 4.47. The predicted molar refractivity (Wildman–Crippen MR) is 84.4 cm³/mol. The molecule has 2 rings (SSSR count). The molecule has 0 aliphatic heterocycles. The molecular formula is C14H19N5O3. The zero-order chi connectivity index (χ0) is 16.1. The van der Waals surface area contributed by atoms with Gasteiger partial charge in [-0.25, -0.2) is 0 Å². The number of H-pyrrole nitrogens is 1. The third kappa shape index (κ3) is 3.29. The Morgan fingerprint density at radius 1 is 1.41 bits per heavy atom. The summed E-state index contributed by atoms with van der Waals surface area (Å²) >= 11 is 0. The van der Waals surface area contributed by atoms with E-state index >= 15 is 0 Å². The molecule has 0 unspecified atom stereocenters. The highest BCUT2D eigenvalue weighted by Gasteiger charge is 2.14. The molecule has 1 aromatic carbocycles. The average Bonchev–Trinajstić information content (AvgIpc) is 2.95. The Balaban J connectivity index is 2.37. The van der Waals surface area contributed by atoms with E-state index in [2.05, 4.69) is 15.3 Å². The highest BCUT2D eigenvalue weighted by Crippen LogP contribution is 2.31. The fourth-order valence-electron chi connectivity index (χ4n) is 1.97.